The van der Waals surface area contributed by atoms with E-state index in [0.29, 0.717) is 0 Å². The lowest BCUT2D eigenvalue weighted by molar-refractivity contribution is -0.125. The second kappa shape index (κ2) is 7.16. The van der Waals surface area contributed by atoms with Crippen LogP contribution in [0.5, 0.6) is 0 Å². The standard InChI is InChI=1S/C21H22F2N2O/c22-16-8-9-18(23)15(11-16)13-24-21(26)17-12-20(14-5-2-1-3-6-14)25-10-4-7-19(17)25/h1-3,5-6,8-9,11,17,19-20H,4,7,10,12-13H2,(H,24,26)/t17-,19+,20-/m0/s1. The first-order chi connectivity index (χ1) is 12.6. The lowest BCUT2D eigenvalue weighted by atomic mass is 9.93. The molecule has 2 fully saturated rings. The molecule has 2 aromatic rings. The lowest BCUT2D eigenvalue weighted by Gasteiger charge is -2.24. The first-order valence-corrected chi connectivity index (χ1v) is 9.16. The summed E-state index contributed by atoms with van der Waals surface area (Å²) in [4.78, 5) is 15.2. The molecule has 3 nitrogen and oxygen atoms in total. The van der Waals surface area contributed by atoms with E-state index < -0.39 is 11.6 Å². The third kappa shape index (κ3) is 3.23. The quantitative estimate of drug-likeness (QED) is 0.904. The van der Waals surface area contributed by atoms with Crippen LogP contribution in [0.2, 0.25) is 0 Å². The zero-order valence-corrected chi connectivity index (χ0v) is 14.5. The van der Waals surface area contributed by atoms with Gasteiger partial charge in [0, 0.05) is 24.2 Å². The van der Waals surface area contributed by atoms with E-state index in [1.54, 1.807) is 0 Å². The average molecular weight is 356 g/mol. The molecule has 2 aromatic carbocycles. The molecular formula is C21H22F2N2O. The summed E-state index contributed by atoms with van der Waals surface area (Å²) in [6.45, 7) is 1.02. The Labute approximate surface area is 152 Å². The number of halogens is 2. The van der Waals surface area contributed by atoms with Crippen molar-refractivity contribution in [1.29, 1.82) is 0 Å². The molecular weight excluding hydrogens is 334 g/mol. The summed E-state index contributed by atoms with van der Waals surface area (Å²) in [5.74, 6) is -1.17. The molecule has 0 unspecified atom stereocenters. The summed E-state index contributed by atoms with van der Waals surface area (Å²) in [6.07, 6.45) is 2.87. The minimum absolute atomic E-state index is 0.0155. The Balaban J connectivity index is 1.47. The Morgan fingerprint density at radius 1 is 1.15 bits per heavy atom. The summed E-state index contributed by atoms with van der Waals surface area (Å²) in [5, 5.41) is 2.82. The van der Waals surface area contributed by atoms with E-state index >= 15 is 0 Å². The number of carbonyl (C=O) groups excluding carboxylic acids is 1. The molecule has 2 saturated heterocycles. The third-order valence-electron chi connectivity index (χ3n) is 5.67. The van der Waals surface area contributed by atoms with Crippen LogP contribution < -0.4 is 5.32 Å². The van der Waals surface area contributed by atoms with E-state index in [1.165, 1.54) is 5.56 Å². The van der Waals surface area contributed by atoms with Crippen LogP contribution in [-0.2, 0) is 11.3 Å². The number of hydrogen-bond acceptors (Lipinski definition) is 2. The van der Waals surface area contributed by atoms with Crippen molar-refractivity contribution in [2.24, 2.45) is 5.92 Å². The fraction of sp³-hybridized carbons (Fsp3) is 0.381. The molecule has 3 atom stereocenters. The number of fused-ring (bicyclic) bond motifs is 1. The zero-order chi connectivity index (χ0) is 18.1. The number of amides is 1. The molecule has 0 radical (unpaired) electrons. The van der Waals surface area contributed by atoms with Gasteiger partial charge in [-0.05, 0) is 49.6 Å². The molecule has 26 heavy (non-hydrogen) atoms. The molecule has 2 heterocycles. The van der Waals surface area contributed by atoms with Crippen LogP contribution in [-0.4, -0.2) is 23.4 Å². The Morgan fingerprint density at radius 2 is 1.96 bits per heavy atom. The maximum atomic E-state index is 13.8. The Bertz CT molecular complexity index is 796. The van der Waals surface area contributed by atoms with E-state index in [2.05, 4.69) is 22.3 Å². The highest BCUT2D eigenvalue weighted by atomic mass is 19.1. The molecule has 4 rings (SSSR count). The maximum absolute atomic E-state index is 13.8. The Hall–Kier alpha value is -2.27. The number of carbonyl (C=O) groups is 1. The van der Waals surface area contributed by atoms with Crippen LogP contribution in [0.1, 0.15) is 36.4 Å². The van der Waals surface area contributed by atoms with Crippen molar-refractivity contribution in [3.8, 4) is 0 Å². The monoisotopic (exact) mass is 356 g/mol. The first-order valence-electron chi connectivity index (χ1n) is 9.16. The zero-order valence-electron chi connectivity index (χ0n) is 14.5. The molecule has 1 N–H and O–H groups in total. The summed E-state index contributed by atoms with van der Waals surface area (Å²) in [6, 6.07) is 14.1. The molecule has 0 bridgehead atoms. The van der Waals surface area contributed by atoms with Crippen molar-refractivity contribution >= 4 is 5.91 Å². The molecule has 136 valence electrons. The predicted molar refractivity (Wildman–Crippen MR) is 95.2 cm³/mol. The van der Waals surface area contributed by atoms with Gasteiger partial charge in [-0.15, -0.1) is 0 Å². The molecule has 1 amide bonds. The van der Waals surface area contributed by atoms with E-state index in [0.717, 1.165) is 44.0 Å². The number of hydrogen-bond donors (Lipinski definition) is 1. The fourth-order valence-corrected chi connectivity index (χ4v) is 4.44. The second-order valence-electron chi connectivity index (χ2n) is 7.17. The minimum Gasteiger partial charge on any atom is -0.352 e. The van der Waals surface area contributed by atoms with Crippen LogP contribution in [0.15, 0.2) is 48.5 Å². The van der Waals surface area contributed by atoms with Crippen molar-refractivity contribution in [2.45, 2.75) is 37.9 Å². The largest absolute Gasteiger partial charge is 0.352 e. The fourth-order valence-electron chi connectivity index (χ4n) is 4.44. The van der Waals surface area contributed by atoms with Gasteiger partial charge in [0.2, 0.25) is 5.91 Å². The van der Waals surface area contributed by atoms with Gasteiger partial charge in [0.05, 0.1) is 5.92 Å². The van der Waals surface area contributed by atoms with Crippen LogP contribution in [0.4, 0.5) is 8.78 Å². The van der Waals surface area contributed by atoms with Gasteiger partial charge < -0.3 is 5.32 Å². The smallest absolute Gasteiger partial charge is 0.225 e. The van der Waals surface area contributed by atoms with Gasteiger partial charge in [-0.25, -0.2) is 8.78 Å². The molecule has 0 saturated carbocycles. The van der Waals surface area contributed by atoms with E-state index in [4.69, 9.17) is 0 Å². The van der Waals surface area contributed by atoms with Crippen molar-refractivity contribution in [1.82, 2.24) is 10.2 Å². The van der Waals surface area contributed by atoms with Gasteiger partial charge in [-0.2, -0.15) is 0 Å². The van der Waals surface area contributed by atoms with E-state index in [9.17, 15) is 13.6 Å². The van der Waals surface area contributed by atoms with Crippen molar-refractivity contribution in [2.75, 3.05) is 6.54 Å². The van der Waals surface area contributed by atoms with Crippen molar-refractivity contribution in [3.63, 3.8) is 0 Å². The second-order valence-corrected chi connectivity index (χ2v) is 7.17. The molecule has 0 aromatic heterocycles. The highest BCUT2D eigenvalue weighted by molar-refractivity contribution is 5.80. The normalized spacial score (nSPS) is 25.2. The van der Waals surface area contributed by atoms with Crippen LogP contribution in [0.3, 0.4) is 0 Å². The van der Waals surface area contributed by atoms with Gasteiger partial charge in [0.15, 0.2) is 0 Å². The summed E-state index contributed by atoms with van der Waals surface area (Å²) < 4.78 is 27.1. The van der Waals surface area contributed by atoms with Gasteiger partial charge >= 0.3 is 0 Å². The number of benzene rings is 2. The summed E-state index contributed by atoms with van der Waals surface area (Å²) in [7, 11) is 0. The summed E-state index contributed by atoms with van der Waals surface area (Å²) in [5.41, 5.74) is 1.42. The lowest BCUT2D eigenvalue weighted by Crippen LogP contribution is -2.37. The van der Waals surface area contributed by atoms with E-state index in [-0.39, 0.29) is 36.0 Å². The molecule has 0 spiro atoms. The first kappa shape index (κ1) is 17.2. The predicted octanol–water partition coefficient (Wildman–Crippen LogP) is 3.81. The van der Waals surface area contributed by atoms with Crippen molar-refractivity contribution < 1.29 is 13.6 Å². The van der Waals surface area contributed by atoms with Gasteiger partial charge in [0.25, 0.3) is 0 Å². The Morgan fingerprint density at radius 3 is 2.77 bits per heavy atom. The maximum Gasteiger partial charge on any atom is 0.225 e. The van der Waals surface area contributed by atoms with E-state index in [1.807, 2.05) is 18.2 Å². The number of nitrogens with one attached hydrogen (secondary N) is 1. The highest BCUT2D eigenvalue weighted by Gasteiger charge is 2.46. The number of rotatable bonds is 4. The van der Waals surface area contributed by atoms with Crippen LogP contribution in [0.25, 0.3) is 0 Å². The van der Waals surface area contributed by atoms with Crippen LogP contribution >= 0.6 is 0 Å². The van der Waals surface area contributed by atoms with Gasteiger partial charge in [-0.3, -0.25) is 9.69 Å². The third-order valence-corrected chi connectivity index (χ3v) is 5.67. The highest BCUT2D eigenvalue weighted by Crippen LogP contribution is 2.44. The Kier molecular flexibility index (Phi) is 4.72. The van der Waals surface area contributed by atoms with Crippen LogP contribution in [0, 0.1) is 17.6 Å². The SMILES string of the molecule is O=C(NCc1cc(F)ccc1F)[C@H]1C[C@@H](c2ccccc2)N2CCC[C@H]12. The van der Waals surface area contributed by atoms with Gasteiger partial charge in [0.1, 0.15) is 11.6 Å². The van der Waals surface area contributed by atoms with Crippen molar-refractivity contribution in [3.05, 3.63) is 71.3 Å². The van der Waals surface area contributed by atoms with Gasteiger partial charge in [-0.1, -0.05) is 30.3 Å². The summed E-state index contributed by atoms with van der Waals surface area (Å²) >= 11 is 0. The molecule has 5 heteroatoms. The topological polar surface area (TPSA) is 32.3 Å². The number of nitrogens with zero attached hydrogens (tertiary/aromatic N) is 1. The minimum atomic E-state index is -0.498. The molecule has 2 aliphatic heterocycles. The molecule has 2 aliphatic rings. The molecule has 0 aliphatic carbocycles. The average Bonchev–Trinajstić information content (AvgIpc) is 3.25.